The van der Waals surface area contributed by atoms with E-state index < -0.39 is 0 Å². The molecule has 0 saturated carbocycles. The van der Waals surface area contributed by atoms with Gasteiger partial charge in [-0.25, -0.2) is 4.98 Å². The average molecular weight is 337 g/mol. The van der Waals surface area contributed by atoms with E-state index in [1.807, 2.05) is 38.1 Å². The largest absolute Gasteiger partial charge is 0.360 e. The number of benzene rings is 1. The topological polar surface area (TPSA) is 75.9 Å². The van der Waals surface area contributed by atoms with E-state index in [4.69, 9.17) is 4.52 Å². The molecule has 0 aliphatic rings. The molecule has 6 heteroatoms. The Kier molecular flexibility index (Phi) is 4.44. The number of hydrogen-bond acceptors (Lipinski definition) is 6. The summed E-state index contributed by atoms with van der Waals surface area (Å²) in [6.07, 6.45) is 0. The van der Waals surface area contributed by atoms with E-state index in [-0.39, 0.29) is 5.41 Å². The molecule has 0 atom stereocenters. The Balaban J connectivity index is 1.78. The third kappa shape index (κ3) is 4.35. The second-order valence-corrected chi connectivity index (χ2v) is 7.12. The van der Waals surface area contributed by atoms with Gasteiger partial charge in [0.1, 0.15) is 11.6 Å². The van der Waals surface area contributed by atoms with Crippen LogP contribution >= 0.6 is 0 Å². The highest BCUT2D eigenvalue weighted by atomic mass is 16.5. The van der Waals surface area contributed by atoms with Gasteiger partial charge in [-0.2, -0.15) is 4.98 Å². The zero-order valence-electron chi connectivity index (χ0n) is 15.2. The summed E-state index contributed by atoms with van der Waals surface area (Å²) in [4.78, 5) is 8.93. The van der Waals surface area contributed by atoms with E-state index in [1.165, 1.54) is 5.56 Å². The van der Waals surface area contributed by atoms with E-state index in [9.17, 15) is 0 Å². The minimum absolute atomic E-state index is 0.130. The Bertz CT molecular complexity index is 862. The molecule has 2 N–H and O–H groups in total. The van der Waals surface area contributed by atoms with Crippen molar-refractivity contribution in [1.82, 2.24) is 15.1 Å². The lowest BCUT2D eigenvalue weighted by Gasteiger charge is -2.19. The highest BCUT2D eigenvalue weighted by Gasteiger charge is 2.13. The fourth-order valence-electron chi connectivity index (χ4n) is 2.43. The monoisotopic (exact) mass is 337 g/mol. The highest BCUT2D eigenvalue weighted by molar-refractivity contribution is 5.58. The summed E-state index contributed by atoms with van der Waals surface area (Å²) in [5.74, 6) is 2.56. The van der Waals surface area contributed by atoms with Crippen LogP contribution < -0.4 is 10.6 Å². The molecule has 0 aliphatic carbocycles. The summed E-state index contributed by atoms with van der Waals surface area (Å²) in [5, 5.41) is 10.3. The lowest BCUT2D eigenvalue weighted by atomic mass is 9.87. The summed E-state index contributed by atoms with van der Waals surface area (Å²) < 4.78 is 5.06. The zero-order valence-corrected chi connectivity index (χ0v) is 15.2. The SMILES string of the molecule is Cc1cc(Nc2cc(C)on2)nc(Nc2ccc(C(C)(C)C)cc2)n1. The van der Waals surface area contributed by atoms with Crippen LogP contribution in [-0.2, 0) is 5.41 Å². The lowest BCUT2D eigenvalue weighted by Crippen LogP contribution is -2.10. The molecule has 1 aromatic carbocycles. The summed E-state index contributed by atoms with van der Waals surface area (Å²) in [5.41, 5.74) is 3.21. The predicted molar refractivity (Wildman–Crippen MR) is 99.7 cm³/mol. The molecular weight excluding hydrogens is 314 g/mol. The summed E-state index contributed by atoms with van der Waals surface area (Å²) >= 11 is 0. The maximum absolute atomic E-state index is 5.06. The first kappa shape index (κ1) is 17.0. The van der Waals surface area contributed by atoms with Crippen molar-refractivity contribution in [1.29, 1.82) is 0 Å². The second kappa shape index (κ2) is 6.55. The van der Waals surface area contributed by atoms with E-state index in [1.54, 1.807) is 0 Å². The third-order valence-corrected chi connectivity index (χ3v) is 3.75. The van der Waals surface area contributed by atoms with Crippen molar-refractivity contribution in [2.75, 3.05) is 10.6 Å². The van der Waals surface area contributed by atoms with Gasteiger partial charge in [0.15, 0.2) is 5.82 Å². The Hall–Kier alpha value is -2.89. The molecule has 0 radical (unpaired) electrons. The van der Waals surface area contributed by atoms with Gasteiger partial charge < -0.3 is 15.2 Å². The van der Waals surface area contributed by atoms with Crippen molar-refractivity contribution in [2.45, 2.75) is 40.0 Å². The van der Waals surface area contributed by atoms with Crippen LogP contribution in [0.15, 0.2) is 40.9 Å². The molecule has 0 spiro atoms. The van der Waals surface area contributed by atoms with Crippen LogP contribution in [0.4, 0.5) is 23.3 Å². The van der Waals surface area contributed by atoms with Gasteiger partial charge in [-0.1, -0.05) is 38.1 Å². The molecule has 0 saturated heterocycles. The number of hydrogen-bond donors (Lipinski definition) is 2. The minimum atomic E-state index is 0.130. The average Bonchev–Trinajstić information content (AvgIpc) is 2.91. The van der Waals surface area contributed by atoms with Crippen LogP contribution in [0.3, 0.4) is 0 Å². The van der Waals surface area contributed by atoms with E-state index in [2.05, 4.69) is 58.7 Å². The molecule has 0 bridgehead atoms. The highest BCUT2D eigenvalue weighted by Crippen LogP contribution is 2.25. The first-order valence-corrected chi connectivity index (χ1v) is 8.23. The molecule has 0 unspecified atom stereocenters. The number of nitrogens with zero attached hydrogens (tertiary/aromatic N) is 3. The van der Waals surface area contributed by atoms with Crippen LogP contribution in [-0.4, -0.2) is 15.1 Å². The zero-order chi connectivity index (χ0) is 18.0. The van der Waals surface area contributed by atoms with Gasteiger partial charge in [-0.05, 0) is 37.0 Å². The first-order chi connectivity index (χ1) is 11.8. The summed E-state index contributed by atoms with van der Waals surface area (Å²) in [6, 6.07) is 12.0. The molecule has 0 aliphatic heterocycles. The molecule has 25 heavy (non-hydrogen) atoms. The molecule has 0 fully saturated rings. The predicted octanol–water partition coefficient (Wildman–Crippen LogP) is 4.87. The maximum atomic E-state index is 5.06. The van der Waals surface area contributed by atoms with Gasteiger partial charge in [0.05, 0.1) is 0 Å². The Labute approximate surface area is 147 Å². The number of aromatic nitrogens is 3. The molecule has 3 rings (SSSR count). The van der Waals surface area contributed by atoms with E-state index >= 15 is 0 Å². The Morgan fingerprint density at radius 3 is 2.20 bits per heavy atom. The molecule has 130 valence electrons. The number of aryl methyl sites for hydroxylation is 2. The van der Waals surface area contributed by atoms with Gasteiger partial charge >= 0.3 is 0 Å². The van der Waals surface area contributed by atoms with Crippen molar-refractivity contribution in [2.24, 2.45) is 0 Å². The first-order valence-electron chi connectivity index (χ1n) is 8.23. The van der Waals surface area contributed by atoms with Gasteiger partial charge in [0.2, 0.25) is 5.95 Å². The van der Waals surface area contributed by atoms with Gasteiger partial charge in [-0.15, -0.1) is 0 Å². The molecular formula is C19H23N5O. The van der Waals surface area contributed by atoms with Crippen LogP contribution in [0.1, 0.15) is 37.8 Å². The van der Waals surface area contributed by atoms with Gasteiger partial charge in [-0.3, -0.25) is 0 Å². The van der Waals surface area contributed by atoms with Crippen LogP contribution in [0.25, 0.3) is 0 Å². The summed E-state index contributed by atoms with van der Waals surface area (Å²) in [6.45, 7) is 10.4. The number of anilines is 4. The van der Waals surface area contributed by atoms with Crippen LogP contribution in [0, 0.1) is 13.8 Å². The van der Waals surface area contributed by atoms with Crippen molar-refractivity contribution in [3.05, 3.63) is 53.4 Å². The number of rotatable bonds is 4. The van der Waals surface area contributed by atoms with E-state index in [0.29, 0.717) is 17.6 Å². The molecule has 6 nitrogen and oxygen atoms in total. The normalized spacial score (nSPS) is 11.4. The standard InChI is InChI=1S/C19H23N5O/c1-12-10-16(22-17-11-13(2)25-24-17)23-18(20-12)21-15-8-6-14(7-9-15)19(3,4)5/h6-11H,1-5H3,(H2,20,21,22,23,24). The second-order valence-electron chi connectivity index (χ2n) is 7.12. The summed E-state index contributed by atoms with van der Waals surface area (Å²) in [7, 11) is 0. The van der Waals surface area contributed by atoms with Crippen molar-refractivity contribution >= 4 is 23.3 Å². The molecule has 2 heterocycles. The van der Waals surface area contributed by atoms with Crippen molar-refractivity contribution in [3.8, 4) is 0 Å². The van der Waals surface area contributed by atoms with Crippen LogP contribution in [0.2, 0.25) is 0 Å². The maximum Gasteiger partial charge on any atom is 0.229 e. The van der Waals surface area contributed by atoms with Crippen molar-refractivity contribution in [3.63, 3.8) is 0 Å². The quantitative estimate of drug-likeness (QED) is 0.707. The molecule has 3 aromatic rings. The fraction of sp³-hybridized carbons (Fsp3) is 0.316. The molecule has 2 aromatic heterocycles. The fourth-order valence-corrected chi connectivity index (χ4v) is 2.43. The van der Waals surface area contributed by atoms with Gasteiger partial charge in [0, 0.05) is 23.5 Å². The number of nitrogens with one attached hydrogen (secondary N) is 2. The smallest absolute Gasteiger partial charge is 0.229 e. The van der Waals surface area contributed by atoms with Crippen molar-refractivity contribution < 1.29 is 4.52 Å². The van der Waals surface area contributed by atoms with Crippen LogP contribution in [0.5, 0.6) is 0 Å². The molecule has 0 amide bonds. The lowest BCUT2D eigenvalue weighted by molar-refractivity contribution is 0.400. The van der Waals surface area contributed by atoms with E-state index in [0.717, 1.165) is 17.1 Å². The van der Waals surface area contributed by atoms with Gasteiger partial charge in [0.25, 0.3) is 0 Å². The third-order valence-electron chi connectivity index (χ3n) is 3.75. The Morgan fingerprint density at radius 1 is 0.880 bits per heavy atom. The Morgan fingerprint density at radius 2 is 1.60 bits per heavy atom. The minimum Gasteiger partial charge on any atom is -0.360 e.